The first kappa shape index (κ1) is 26.3. The SMILES string of the molecule is COC(=O)c1ccccc1C(C)Oc1cc(/C(=N/N)C(C)=NC2CCN(C=O)CC2)cn2ncc(C#N)c12. The van der Waals surface area contributed by atoms with E-state index in [0.29, 0.717) is 58.0 Å². The molecule has 1 saturated heterocycles. The van der Waals surface area contributed by atoms with Crippen molar-refractivity contribution in [1.29, 1.82) is 5.26 Å². The minimum atomic E-state index is -0.568. The van der Waals surface area contributed by atoms with Gasteiger partial charge in [-0.05, 0) is 38.8 Å². The molecule has 1 aromatic carbocycles. The topological polar surface area (TPSA) is 148 Å². The molecule has 11 nitrogen and oxygen atoms in total. The van der Waals surface area contributed by atoms with Gasteiger partial charge in [0.1, 0.15) is 34.7 Å². The molecule has 1 unspecified atom stereocenters. The van der Waals surface area contributed by atoms with E-state index >= 15 is 0 Å². The number of amides is 1. The molecule has 2 N–H and O–H groups in total. The molecular weight excluding hydrogens is 486 g/mol. The standard InChI is InChI=1S/C27H29N7O4/c1-17(31-21-8-10-33(16-35)11-9-21)25(32-29)19-12-24(26-20(13-28)14-30-34(26)15-19)38-18(2)22-6-4-5-7-23(22)27(36)37-3/h4-7,12,14-16,18,21H,8-11,29H2,1-3H3/b31-17?,32-25+. The highest BCUT2D eigenvalue weighted by Gasteiger charge is 2.23. The Labute approximate surface area is 220 Å². The second kappa shape index (κ2) is 11.6. The van der Waals surface area contributed by atoms with Crippen LogP contribution in [-0.2, 0) is 9.53 Å². The van der Waals surface area contributed by atoms with Crippen LogP contribution in [0.4, 0.5) is 0 Å². The van der Waals surface area contributed by atoms with Gasteiger partial charge in [-0.25, -0.2) is 9.31 Å². The second-order valence-electron chi connectivity index (χ2n) is 8.96. The molecule has 0 spiro atoms. The highest BCUT2D eigenvalue weighted by Crippen LogP contribution is 2.31. The van der Waals surface area contributed by atoms with Gasteiger partial charge in [0, 0.05) is 30.4 Å². The van der Waals surface area contributed by atoms with Crippen LogP contribution in [0.2, 0.25) is 0 Å². The van der Waals surface area contributed by atoms with Crippen molar-refractivity contribution >= 4 is 29.3 Å². The Morgan fingerprint density at radius 3 is 2.71 bits per heavy atom. The molecule has 38 heavy (non-hydrogen) atoms. The lowest BCUT2D eigenvalue weighted by atomic mass is 10.0. The molecule has 4 rings (SSSR count). The zero-order valence-corrected chi connectivity index (χ0v) is 21.5. The Balaban J connectivity index is 1.71. The number of aliphatic imine (C=N–C) groups is 1. The monoisotopic (exact) mass is 515 g/mol. The molecule has 196 valence electrons. The summed E-state index contributed by atoms with van der Waals surface area (Å²) >= 11 is 0. The summed E-state index contributed by atoms with van der Waals surface area (Å²) in [5, 5.41) is 18.0. The third-order valence-electron chi connectivity index (χ3n) is 6.57. The first-order valence-electron chi connectivity index (χ1n) is 12.2. The number of nitriles is 1. The number of benzene rings is 1. The van der Waals surface area contributed by atoms with Crippen molar-refractivity contribution in [1.82, 2.24) is 14.5 Å². The number of piperidine rings is 1. The van der Waals surface area contributed by atoms with Crippen molar-refractivity contribution in [2.45, 2.75) is 38.8 Å². The predicted octanol–water partition coefficient (Wildman–Crippen LogP) is 2.88. The van der Waals surface area contributed by atoms with Gasteiger partial charge in [0.15, 0.2) is 0 Å². The minimum absolute atomic E-state index is 0.0483. The summed E-state index contributed by atoms with van der Waals surface area (Å²) in [4.78, 5) is 29.9. The maximum Gasteiger partial charge on any atom is 0.338 e. The zero-order valence-electron chi connectivity index (χ0n) is 21.5. The molecule has 0 aliphatic carbocycles. The van der Waals surface area contributed by atoms with Crippen LogP contribution in [0.5, 0.6) is 5.75 Å². The number of rotatable bonds is 8. The fraction of sp³-hybridized carbons (Fsp3) is 0.333. The van der Waals surface area contributed by atoms with Crippen molar-refractivity contribution in [3.63, 3.8) is 0 Å². The molecule has 11 heteroatoms. The Morgan fingerprint density at radius 2 is 2.05 bits per heavy atom. The highest BCUT2D eigenvalue weighted by atomic mass is 16.5. The lowest BCUT2D eigenvalue weighted by Gasteiger charge is -2.27. The van der Waals surface area contributed by atoms with Gasteiger partial charge in [0.2, 0.25) is 6.41 Å². The van der Waals surface area contributed by atoms with Gasteiger partial charge in [-0.3, -0.25) is 9.79 Å². The molecule has 1 aliphatic heterocycles. The first-order chi connectivity index (χ1) is 18.4. The second-order valence-corrected chi connectivity index (χ2v) is 8.96. The molecule has 0 saturated carbocycles. The number of nitrogens with zero attached hydrogens (tertiary/aromatic N) is 6. The van der Waals surface area contributed by atoms with Crippen molar-refractivity contribution < 1.29 is 19.1 Å². The third-order valence-corrected chi connectivity index (χ3v) is 6.57. The maximum atomic E-state index is 12.3. The minimum Gasteiger partial charge on any atom is -0.484 e. The number of hydrazone groups is 1. The lowest BCUT2D eigenvalue weighted by molar-refractivity contribution is -0.119. The van der Waals surface area contributed by atoms with E-state index in [-0.39, 0.29) is 6.04 Å². The van der Waals surface area contributed by atoms with Gasteiger partial charge in [-0.2, -0.15) is 15.5 Å². The average Bonchev–Trinajstić information content (AvgIpc) is 3.37. The molecule has 0 radical (unpaired) electrons. The fourth-order valence-corrected chi connectivity index (χ4v) is 4.62. The molecule has 3 aromatic rings. The normalized spacial score (nSPS) is 15.7. The number of likely N-dealkylation sites (tertiary alicyclic amines) is 1. The van der Waals surface area contributed by atoms with Gasteiger partial charge >= 0.3 is 5.97 Å². The van der Waals surface area contributed by atoms with E-state index in [0.717, 1.165) is 19.3 Å². The van der Waals surface area contributed by atoms with E-state index in [1.54, 1.807) is 39.9 Å². The number of aromatic nitrogens is 2. The predicted molar refractivity (Wildman–Crippen MR) is 141 cm³/mol. The summed E-state index contributed by atoms with van der Waals surface area (Å²) in [6.07, 6.45) is 4.98. The van der Waals surface area contributed by atoms with Crippen LogP contribution in [0.1, 0.15) is 59.8 Å². The Bertz CT molecular complexity index is 1450. The molecule has 0 bridgehead atoms. The molecule has 1 amide bonds. The number of methoxy groups -OCH3 is 1. The molecule has 1 aliphatic rings. The number of fused-ring (bicyclic) bond motifs is 1. The number of esters is 1. The lowest BCUT2D eigenvalue weighted by Crippen LogP contribution is -2.34. The van der Waals surface area contributed by atoms with Crippen molar-refractivity contribution in [2.24, 2.45) is 15.9 Å². The smallest absolute Gasteiger partial charge is 0.338 e. The van der Waals surface area contributed by atoms with Crippen LogP contribution >= 0.6 is 0 Å². The van der Waals surface area contributed by atoms with Crippen LogP contribution < -0.4 is 10.6 Å². The Kier molecular flexibility index (Phi) is 8.01. The van der Waals surface area contributed by atoms with E-state index in [2.05, 4.69) is 16.3 Å². The van der Waals surface area contributed by atoms with Crippen LogP contribution in [0.3, 0.4) is 0 Å². The summed E-state index contributed by atoms with van der Waals surface area (Å²) in [5.74, 6) is 5.72. The zero-order chi connectivity index (χ0) is 27.2. The number of nitrogens with two attached hydrogens (primary N) is 1. The van der Waals surface area contributed by atoms with Crippen molar-refractivity contribution in [2.75, 3.05) is 20.2 Å². The van der Waals surface area contributed by atoms with E-state index < -0.39 is 12.1 Å². The quantitative estimate of drug-likeness (QED) is 0.159. The van der Waals surface area contributed by atoms with Crippen molar-refractivity contribution in [3.8, 4) is 11.8 Å². The number of ether oxygens (including phenoxy) is 2. The van der Waals surface area contributed by atoms with E-state index in [1.165, 1.54) is 13.3 Å². The number of pyridine rings is 1. The summed E-state index contributed by atoms with van der Waals surface area (Å²) < 4.78 is 12.8. The van der Waals surface area contributed by atoms with E-state index in [9.17, 15) is 14.9 Å². The third kappa shape index (κ3) is 5.34. The Hall–Kier alpha value is -4.72. The summed E-state index contributed by atoms with van der Waals surface area (Å²) in [6.45, 7) is 4.95. The van der Waals surface area contributed by atoms with Gasteiger partial charge < -0.3 is 20.2 Å². The summed E-state index contributed by atoms with van der Waals surface area (Å²) in [6, 6.07) is 11.0. The molecule has 1 atom stereocenters. The van der Waals surface area contributed by atoms with Crippen LogP contribution in [0.25, 0.3) is 5.52 Å². The molecular formula is C27H29N7O4. The number of hydrogen-bond donors (Lipinski definition) is 1. The van der Waals surface area contributed by atoms with Crippen LogP contribution in [-0.4, -0.2) is 64.6 Å². The van der Waals surface area contributed by atoms with E-state index in [4.69, 9.17) is 20.3 Å². The van der Waals surface area contributed by atoms with Gasteiger partial charge in [0.05, 0.1) is 30.6 Å². The summed E-state index contributed by atoms with van der Waals surface area (Å²) in [5.41, 5.74) is 3.52. The summed E-state index contributed by atoms with van der Waals surface area (Å²) in [7, 11) is 1.33. The highest BCUT2D eigenvalue weighted by molar-refractivity contribution is 6.47. The average molecular weight is 516 g/mol. The largest absolute Gasteiger partial charge is 0.484 e. The van der Waals surface area contributed by atoms with Gasteiger partial charge in [0.25, 0.3) is 0 Å². The molecule has 1 fully saturated rings. The number of carbonyl (C=O) groups is 2. The van der Waals surface area contributed by atoms with Gasteiger partial charge in [-0.1, -0.05) is 18.2 Å². The molecule has 2 aromatic heterocycles. The number of carbonyl (C=O) groups excluding carboxylic acids is 2. The maximum absolute atomic E-state index is 12.3. The van der Waals surface area contributed by atoms with Gasteiger partial charge in [-0.15, -0.1) is 0 Å². The van der Waals surface area contributed by atoms with Crippen LogP contribution in [0, 0.1) is 11.3 Å². The van der Waals surface area contributed by atoms with Crippen LogP contribution in [0.15, 0.2) is 52.8 Å². The molecule has 3 heterocycles. The Morgan fingerprint density at radius 1 is 1.32 bits per heavy atom. The first-order valence-corrected chi connectivity index (χ1v) is 12.2. The number of hydrogen-bond acceptors (Lipinski definition) is 9. The van der Waals surface area contributed by atoms with E-state index in [1.807, 2.05) is 19.9 Å². The fourth-order valence-electron chi connectivity index (χ4n) is 4.62. The van der Waals surface area contributed by atoms with Crippen molar-refractivity contribution in [3.05, 3.63) is 65.0 Å².